The first-order chi connectivity index (χ1) is 7.40. The second-order valence-corrected chi connectivity index (χ2v) is 3.36. The molecule has 2 aromatic rings. The van der Waals surface area contributed by atoms with Crippen molar-refractivity contribution in [1.29, 1.82) is 0 Å². The Kier molecular flexibility index (Phi) is 2.88. The molecule has 1 aromatic carbocycles. The minimum absolute atomic E-state index is 0.732. The van der Waals surface area contributed by atoms with Crippen LogP contribution in [0.5, 0.6) is 0 Å². The van der Waals surface area contributed by atoms with Crippen LogP contribution in [0.4, 0.5) is 0 Å². The van der Waals surface area contributed by atoms with E-state index in [-0.39, 0.29) is 0 Å². The molecule has 0 unspecified atom stereocenters. The Bertz CT molecular complexity index is 451. The molecule has 0 radical (unpaired) electrons. The molecule has 0 amide bonds. The van der Waals surface area contributed by atoms with Gasteiger partial charge in [-0.1, -0.05) is 30.3 Å². The maximum Gasteiger partial charge on any atom is 0.174 e. The van der Waals surface area contributed by atoms with Crippen molar-refractivity contribution in [2.45, 2.75) is 6.54 Å². The number of carbonyl (C=O) groups is 1. The number of aromatic nitrogens is 1. The molecule has 0 N–H and O–H groups in total. The van der Waals surface area contributed by atoms with E-state index in [9.17, 15) is 4.79 Å². The van der Waals surface area contributed by atoms with Gasteiger partial charge in [0.25, 0.3) is 0 Å². The number of aldehydes is 1. The molecular formula is C13H12NO+. The van der Waals surface area contributed by atoms with Gasteiger partial charge in [0.1, 0.15) is 0 Å². The van der Waals surface area contributed by atoms with Crippen LogP contribution in [0.2, 0.25) is 0 Å². The molecule has 1 heterocycles. The summed E-state index contributed by atoms with van der Waals surface area (Å²) < 4.78 is 2.04. The standard InChI is InChI=1S/C13H12NO/c15-11-13-7-3-2-6-12(13)10-14-8-4-1-5-9-14/h1-9,11H,10H2/q+1. The highest BCUT2D eigenvalue weighted by Crippen LogP contribution is 2.05. The van der Waals surface area contributed by atoms with Gasteiger partial charge in [0.15, 0.2) is 25.2 Å². The van der Waals surface area contributed by atoms with Gasteiger partial charge >= 0.3 is 0 Å². The van der Waals surface area contributed by atoms with Crippen molar-refractivity contribution in [2.75, 3.05) is 0 Å². The quantitative estimate of drug-likeness (QED) is 0.544. The zero-order valence-corrected chi connectivity index (χ0v) is 8.34. The van der Waals surface area contributed by atoms with E-state index in [1.54, 1.807) is 0 Å². The lowest BCUT2D eigenvalue weighted by molar-refractivity contribution is -0.688. The Balaban J connectivity index is 2.28. The minimum atomic E-state index is 0.732. The smallest absolute Gasteiger partial charge is 0.174 e. The van der Waals surface area contributed by atoms with E-state index in [1.165, 1.54) is 0 Å². The average molecular weight is 198 g/mol. The van der Waals surface area contributed by atoms with Gasteiger partial charge in [-0.15, -0.1) is 0 Å². The van der Waals surface area contributed by atoms with Crippen molar-refractivity contribution in [3.63, 3.8) is 0 Å². The van der Waals surface area contributed by atoms with Crippen molar-refractivity contribution in [2.24, 2.45) is 0 Å². The van der Waals surface area contributed by atoms with Crippen LogP contribution in [0.15, 0.2) is 54.9 Å². The number of carbonyl (C=O) groups excluding carboxylic acids is 1. The molecule has 0 bridgehead atoms. The Morgan fingerprint density at radius 1 is 1.00 bits per heavy atom. The lowest BCUT2D eigenvalue weighted by Crippen LogP contribution is -2.33. The van der Waals surface area contributed by atoms with Crippen molar-refractivity contribution in [3.8, 4) is 0 Å². The van der Waals surface area contributed by atoms with E-state index in [1.807, 2.05) is 59.4 Å². The van der Waals surface area contributed by atoms with E-state index in [0.717, 1.165) is 24.0 Å². The molecule has 0 atom stereocenters. The summed E-state index contributed by atoms with van der Waals surface area (Å²) in [4.78, 5) is 10.8. The molecule has 0 spiro atoms. The molecule has 0 saturated carbocycles. The topological polar surface area (TPSA) is 20.9 Å². The molecule has 2 nitrogen and oxygen atoms in total. The fraction of sp³-hybridized carbons (Fsp3) is 0.0769. The number of hydrogen-bond acceptors (Lipinski definition) is 1. The molecule has 2 rings (SSSR count). The van der Waals surface area contributed by atoms with Crippen LogP contribution in [0, 0.1) is 0 Å². The fourth-order valence-corrected chi connectivity index (χ4v) is 1.53. The van der Waals surface area contributed by atoms with Crippen LogP contribution in [0.25, 0.3) is 0 Å². The molecule has 74 valence electrons. The van der Waals surface area contributed by atoms with E-state index >= 15 is 0 Å². The zero-order valence-electron chi connectivity index (χ0n) is 8.34. The molecule has 1 aromatic heterocycles. The van der Waals surface area contributed by atoms with Crippen LogP contribution < -0.4 is 4.57 Å². The van der Waals surface area contributed by atoms with Gasteiger partial charge < -0.3 is 0 Å². The highest BCUT2D eigenvalue weighted by atomic mass is 16.1. The molecule has 15 heavy (non-hydrogen) atoms. The summed E-state index contributed by atoms with van der Waals surface area (Å²) in [5.41, 5.74) is 1.80. The lowest BCUT2D eigenvalue weighted by Gasteiger charge is -2.00. The zero-order chi connectivity index (χ0) is 10.5. The van der Waals surface area contributed by atoms with Crippen LogP contribution in [-0.2, 0) is 6.54 Å². The molecule has 0 fully saturated rings. The van der Waals surface area contributed by atoms with Crippen molar-refractivity contribution >= 4 is 6.29 Å². The number of pyridine rings is 1. The summed E-state index contributed by atoms with van der Waals surface area (Å²) in [6, 6.07) is 13.6. The molecule has 2 heteroatoms. The third-order valence-corrected chi connectivity index (χ3v) is 2.31. The Labute approximate surface area is 88.8 Å². The van der Waals surface area contributed by atoms with Gasteiger partial charge in [0.05, 0.1) is 0 Å². The van der Waals surface area contributed by atoms with Gasteiger partial charge in [0.2, 0.25) is 0 Å². The van der Waals surface area contributed by atoms with Crippen molar-refractivity contribution < 1.29 is 9.36 Å². The van der Waals surface area contributed by atoms with Crippen LogP contribution in [-0.4, -0.2) is 6.29 Å². The predicted molar refractivity (Wildman–Crippen MR) is 57.6 cm³/mol. The average Bonchev–Trinajstić information content (AvgIpc) is 2.31. The third kappa shape index (κ3) is 2.29. The summed E-state index contributed by atoms with van der Waals surface area (Å²) >= 11 is 0. The highest BCUT2D eigenvalue weighted by molar-refractivity contribution is 5.76. The van der Waals surface area contributed by atoms with Crippen LogP contribution in [0.1, 0.15) is 15.9 Å². The number of nitrogens with zero attached hydrogens (tertiary/aromatic N) is 1. The first-order valence-corrected chi connectivity index (χ1v) is 4.87. The minimum Gasteiger partial charge on any atom is -0.298 e. The van der Waals surface area contributed by atoms with Gasteiger partial charge in [-0.2, -0.15) is 0 Å². The Hall–Kier alpha value is -1.96. The normalized spacial score (nSPS) is 9.87. The van der Waals surface area contributed by atoms with Crippen molar-refractivity contribution in [3.05, 3.63) is 66.0 Å². The first-order valence-electron chi connectivity index (χ1n) is 4.87. The first kappa shape index (κ1) is 9.59. The summed E-state index contributed by atoms with van der Waals surface area (Å²) in [7, 11) is 0. The molecule has 0 aliphatic rings. The lowest BCUT2D eigenvalue weighted by atomic mass is 10.1. The summed E-state index contributed by atoms with van der Waals surface area (Å²) in [6.07, 6.45) is 4.88. The van der Waals surface area contributed by atoms with E-state index in [2.05, 4.69) is 0 Å². The molecule has 0 aliphatic heterocycles. The Morgan fingerprint density at radius 2 is 1.73 bits per heavy atom. The van der Waals surface area contributed by atoms with E-state index in [0.29, 0.717) is 0 Å². The second kappa shape index (κ2) is 4.51. The predicted octanol–water partition coefficient (Wildman–Crippen LogP) is 1.83. The van der Waals surface area contributed by atoms with Gasteiger partial charge in [0, 0.05) is 23.3 Å². The van der Waals surface area contributed by atoms with E-state index < -0.39 is 0 Å². The molecule has 0 saturated heterocycles. The SMILES string of the molecule is O=Cc1ccccc1C[n+]1ccccc1. The largest absolute Gasteiger partial charge is 0.298 e. The summed E-state index contributed by atoms with van der Waals surface area (Å²) in [5, 5.41) is 0. The van der Waals surface area contributed by atoms with Crippen LogP contribution in [0.3, 0.4) is 0 Å². The van der Waals surface area contributed by atoms with Crippen LogP contribution >= 0.6 is 0 Å². The Morgan fingerprint density at radius 3 is 2.47 bits per heavy atom. The summed E-state index contributed by atoms with van der Waals surface area (Å²) in [5.74, 6) is 0. The molecule has 0 aliphatic carbocycles. The maximum atomic E-state index is 10.8. The van der Waals surface area contributed by atoms with E-state index in [4.69, 9.17) is 0 Å². The highest BCUT2D eigenvalue weighted by Gasteiger charge is 2.05. The number of benzene rings is 1. The second-order valence-electron chi connectivity index (χ2n) is 3.36. The molecular weight excluding hydrogens is 186 g/mol. The van der Waals surface area contributed by atoms with Gasteiger partial charge in [-0.05, 0) is 0 Å². The van der Waals surface area contributed by atoms with Gasteiger partial charge in [-0.3, -0.25) is 4.79 Å². The van der Waals surface area contributed by atoms with Crippen molar-refractivity contribution in [1.82, 2.24) is 0 Å². The number of rotatable bonds is 3. The monoisotopic (exact) mass is 198 g/mol. The third-order valence-electron chi connectivity index (χ3n) is 2.31. The van der Waals surface area contributed by atoms with Gasteiger partial charge in [-0.25, -0.2) is 4.57 Å². The number of hydrogen-bond donors (Lipinski definition) is 0. The maximum absolute atomic E-state index is 10.8. The fourth-order valence-electron chi connectivity index (χ4n) is 1.53. The summed E-state index contributed by atoms with van der Waals surface area (Å²) in [6.45, 7) is 0.732.